The third kappa shape index (κ3) is 4.04. The van der Waals surface area contributed by atoms with Crippen LogP contribution in [0.5, 0.6) is 0 Å². The second kappa shape index (κ2) is 8.03. The number of nitrogens with zero attached hydrogens (tertiary/aromatic N) is 3. The number of hydrogen-bond acceptors (Lipinski definition) is 5. The van der Waals surface area contributed by atoms with Crippen molar-refractivity contribution in [3.63, 3.8) is 0 Å². The van der Waals surface area contributed by atoms with Gasteiger partial charge in [-0.15, -0.1) is 0 Å². The van der Waals surface area contributed by atoms with Crippen LogP contribution in [0.3, 0.4) is 0 Å². The van der Waals surface area contributed by atoms with Crippen molar-refractivity contribution < 1.29 is 9.13 Å². The van der Waals surface area contributed by atoms with E-state index in [1.807, 2.05) is 16.7 Å². The van der Waals surface area contributed by atoms with Gasteiger partial charge in [-0.2, -0.15) is 5.10 Å². The number of aromatic amines is 1. The Labute approximate surface area is 174 Å². The highest BCUT2D eigenvalue weighted by Crippen LogP contribution is 2.30. The number of hydrogen-bond donors (Lipinski definition) is 2. The molecule has 0 radical (unpaired) electrons. The average molecular weight is 497 g/mol. The van der Waals surface area contributed by atoms with Crippen LogP contribution in [0.25, 0.3) is 11.4 Å². The molecule has 3 aromatic rings. The largest absolute Gasteiger partial charge is 0.376 e. The van der Waals surface area contributed by atoms with Crippen LogP contribution in [0.15, 0.2) is 36.7 Å². The van der Waals surface area contributed by atoms with E-state index in [1.54, 1.807) is 18.5 Å². The first kappa shape index (κ1) is 18.5. The molecule has 3 heterocycles. The number of H-pyrrole nitrogens is 1. The molecule has 1 saturated heterocycles. The zero-order valence-corrected chi connectivity index (χ0v) is 17.3. The van der Waals surface area contributed by atoms with Gasteiger partial charge in [-0.05, 0) is 71.9 Å². The van der Waals surface area contributed by atoms with Crippen molar-refractivity contribution >= 4 is 46.2 Å². The van der Waals surface area contributed by atoms with Crippen molar-refractivity contribution in [2.45, 2.75) is 25.5 Å². The number of benzene rings is 1. The van der Waals surface area contributed by atoms with Gasteiger partial charge in [-0.3, -0.25) is 14.6 Å². The van der Waals surface area contributed by atoms with Gasteiger partial charge in [0, 0.05) is 21.9 Å². The first-order chi connectivity index (χ1) is 13.1. The number of anilines is 2. The van der Waals surface area contributed by atoms with Crippen LogP contribution in [-0.2, 0) is 11.3 Å². The van der Waals surface area contributed by atoms with Crippen LogP contribution >= 0.6 is 34.8 Å². The lowest BCUT2D eigenvalue weighted by Gasteiger charge is -2.15. The summed E-state index contributed by atoms with van der Waals surface area (Å²) in [7, 11) is 0. The number of ether oxygens (including phenoxy) is 1. The minimum atomic E-state index is -0.324. The molecule has 0 spiro atoms. The molecule has 6 nitrogen and oxygen atoms in total. The molecule has 1 unspecified atom stereocenters. The van der Waals surface area contributed by atoms with E-state index in [9.17, 15) is 4.39 Å². The van der Waals surface area contributed by atoms with Crippen molar-refractivity contribution in [1.82, 2.24) is 19.7 Å². The van der Waals surface area contributed by atoms with Crippen molar-refractivity contribution in [2.24, 2.45) is 0 Å². The molecule has 9 heteroatoms. The van der Waals surface area contributed by atoms with Gasteiger partial charge in [0.1, 0.15) is 5.82 Å². The van der Waals surface area contributed by atoms with Gasteiger partial charge < -0.3 is 10.1 Å². The maximum atomic E-state index is 14.3. The van der Waals surface area contributed by atoms with Gasteiger partial charge in [0.25, 0.3) is 0 Å². The summed E-state index contributed by atoms with van der Waals surface area (Å²) in [6.45, 7) is 1.41. The van der Waals surface area contributed by atoms with Crippen LogP contribution in [-0.4, -0.2) is 32.5 Å². The van der Waals surface area contributed by atoms with Gasteiger partial charge in [-0.1, -0.05) is 0 Å². The van der Waals surface area contributed by atoms with Crippen molar-refractivity contribution in [2.75, 3.05) is 11.9 Å². The standard InChI is InChI=1S/C18H17FIN5OS/c19-14-8-11(20)3-4-15(14)22-16-9-21-6-5-13(16)17-23-24-18(27)25(17)10-12-2-1-7-26-12/h3-6,8-9,12,22H,1-2,7,10H2,(H,24,27). The summed E-state index contributed by atoms with van der Waals surface area (Å²) in [4.78, 5) is 4.17. The minimum absolute atomic E-state index is 0.125. The molecule has 0 bridgehead atoms. The minimum Gasteiger partial charge on any atom is -0.376 e. The third-order valence-electron chi connectivity index (χ3n) is 4.43. The van der Waals surface area contributed by atoms with Crippen LogP contribution in [0.2, 0.25) is 0 Å². The predicted octanol–water partition coefficient (Wildman–Crippen LogP) is 4.67. The fraction of sp³-hybridized carbons (Fsp3) is 0.278. The van der Waals surface area contributed by atoms with Gasteiger partial charge >= 0.3 is 0 Å². The van der Waals surface area contributed by atoms with Crippen molar-refractivity contribution in [3.8, 4) is 11.4 Å². The number of aromatic nitrogens is 4. The van der Waals surface area contributed by atoms with Crippen LogP contribution in [0, 0.1) is 14.2 Å². The quantitative estimate of drug-likeness (QED) is 0.396. The summed E-state index contributed by atoms with van der Waals surface area (Å²) < 4.78 is 23.3. The Morgan fingerprint density at radius 1 is 1.37 bits per heavy atom. The molecule has 2 N–H and O–H groups in total. The summed E-state index contributed by atoms with van der Waals surface area (Å²) in [6, 6.07) is 6.86. The summed E-state index contributed by atoms with van der Waals surface area (Å²) in [5.74, 6) is 0.348. The van der Waals surface area contributed by atoms with Crippen LogP contribution in [0.1, 0.15) is 12.8 Å². The lowest BCUT2D eigenvalue weighted by Crippen LogP contribution is -2.16. The SMILES string of the molecule is Fc1cc(I)ccc1Nc1cnccc1-c1n[nH]c(=S)n1CC1CCCO1. The lowest BCUT2D eigenvalue weighted by atomic mass is 10.2. The molecule has 27 heavy (non-hydrogen) atoms. The van der Waals surface area contributed by atoms with E-state index in [2.05, 4.69) is 43.1 Å². The molecule has 0 saturated carbocycles. The van der Waals surface area contributed by atoms with E-state index in [0.29, 0.717) is 28.5 Å². The zero-order chi connectivity index (χ0) is 18.8. The fourth-order valence-electron chi connectivity index (χ4n) is 3.11. The summed E-state index contributed by atoms with van der Waals surface area (Å²) in [5, 5.41) is 10.4. The topological polar surface area (TPSA) is 67.8 Å². The fourth-order valence-corrected chi connectivity index (χ4v) is 3.77. The lowest BCUT2D eigenvalue weighted by molar-refractivity contribution is 0.0970. The number of halogens is 2. The number of rotatable bonds is 5. The van der Waals surface area contributed by atoms with E-state index in [1.165, 1.54) is 6.07 Å². The van der Waals surface area contributed by atoms with E-state index in [-0.39, 0.29) is 11.9 Å². The maximum absolute atomic E-state index is 14.3. The summed E-state index contributed by atoms with van der Waals surface area (Å²) in [6.07, 6.45) is 5.51. The Kier molecular flexibility index (Phi) is 5.50. The Bertz CT molecular complexity index is 1010. The number of pyridine rings is 1. The van der Waals surface area contributed by atoms with Gasteiger partial charge in [0.15, 0.2) is 10.6 Å². The molecule has 4 rings (SSSR count). The Morgan fingerprint density at radius 3 is 3.04 bits per heavy atom. The highest BCUT2D eigenvalue weighted by Gasteiger charge is 2.20. The Hall–Kier alpha value is -1.85. The van der Waals surface area contributed by atoms with Gasteiger partial charge in [0.2, 0.25) is 0 Å². The van der Waals surface area contributed by atoms with Gasteiger partial charge in [0.05, 0.1) is 30.2 Å². The van der Waals surface area contributed by atoms with E-state index in [0.717, 1.165) is 28.6 Å². The smallest absolute Gasteiger partial charge is 0.195 e. The highest BCUT2D eigenvalue weighted by atomic mass is 127. The second-order valence-electron chi connectivity index (χ2n) is 6.27. The molecule has 1 aliphatic rings. The molecule has 1 atom stereocenters. The third-order valence-corrected chi connectivity index (χ3v) is 5.41. The molecule has 140 valence electrons. The van der Waals surface area contributed by atoms with E-state index < -0.39 is 0 Å². The Balaban J connectivity index is 1.70. The molecule has 1 aliphatic heterocycles. The molecular weight excluding hydrogens is 480 g/mol. The highest BCUT2D eigenvalue weighted by molar-refractivity contribution is 14.1. The number of nitrogens with one attached hydrogen (secondary N) is 2. The zero-order valence-electron chi connectivity index (χ0n) is 14.3. The molecule has 0 aliphatic carbocycles. The summed E-state index contributed by atoms with van der Waals surface area (Å²) in [5.41, 5.74) is 1.82. The normalized spacial score (nSPS) is 16.6. The molecular formula is C18H17FIN5OS. The molecule has 2 aromatic heterocycles. The van der Waals surface area contributed by atoms with Gasteiger partial charge in [-0.25, -0.2) is 4.39 Å². The van der Waals surface area contributed by atoms with Crippen LogP contribution < -0.4 is 5.32 Å². The predicted molar refractivity (Wildman–Crippen MR) is 112 cm³/mol. The first-order valence-electron chi connectivity index (χ1n) is 8.55. The monoisotopic (exact) mass is 497 g/mol. The molecule has 1 fully saturated rings. The summed E-state index contributed by atoms with van der Waals surface area (Å²) >= 11 is 7.49. The second-order valence-corrected chi connectivity index (χ2v) is 7.90. The van der Waals surface area contributed by atoms with Crippen LogP contribution in [0.4, 0.5) is 15.8 Å². The maximum Gasteiger partial charge on any atom is 0.195 e. The molecule has 1 aromatic carbocycles. The van der Waals surface area contributed by atoms with Crippen molar-refractivity contribution in [1.29, 1.82) is 0 Å². The van der Waals surface area contributed by atoms with E-state index >= 15 is 0 Å². The average Bonchev–Trinajstić information content (AvgIpc) is 3.29. The molecule has 0 amide bonds. The van der Waals surface area contributed by atoms with Crippen molar-refractivity contribution in [3.05, 3.63) is 50.8 Å². The Morgan fingerprint density at radius 2 is 2.26 bits per heavy atom. The van der Waals surface area contributed by atoms with E-state index in [4.69, 9.17) is 17.0 Å². The first-order valence-corrected chi connectivity index (χ1v) is 10.0.